The Labute approximate surface area is 227 Å². The van der Waals surface area contributed by atoms with Gasteiger partial charge in [0.05, 0.1) is 24.3 Å². The number of carbonyl (C=O) groups is 2. The fraction of sp³-hybridized carbons (Fsp3) is 0.370. The first kappa shape index (κ1) is 28.6. The molecule has 40 heavy (non-hydrogen) atoms. The number of ether oxygens (including phenoxy) is 1. The third kappa shape index (κ3) is 7.36. The van der Waals surface area contributed by atoms with Gasteiger partial charge in [0.1, 0.15) is 0 Å². The molecular weight excluding hydrogens is 531 g/mol. The van der Waals surface area contributed by atoms with E-state index in [0.29, 0.717) is 18.4 Å². The van der Waals surface area contributed by atoms with Crippen molar-refractivity contribution in [2.75, 3.05) is 17.7 Å². The van der Waals surface area contributed by atoms with Gasteiger partial charge < -0.3 is 15.2 Å². The highest BCUT2D eigenvalue weighted by molar-refractivity contribution is 5.99. The molecule has 1 aromatic heterocycles. The molecule has 2 atom stereocenters. The molecule has 4 rings (SSSR count). The van der Waals surface area contributed by atoms with Gasteiger partial charge >= 0.3 is 24.1 Å². The third-order valence-electron chi connectivity index (χ3n) is 6.63. The second kappa shape index (κ2) is 12.2. The summed E-state index contributed by atoms with van der Waals surface area (Å²) in [5.41, 5.74) is 0.00524. The van der Waals surface area contributed by atoms with E-state index in [-0.39, 0.29) is 41.6 Å². The van der Waals surface area contributed by atoms with Crippen LogP contribution in [0.2, 0.25) is 0 Å². The number of esters is 1. The predicted molar refractivity (Wildman–Crippen MR) is 136 cm³/mol. The minimum absolute atomic E-state index is 0.0528. The molecule has 0 unspecified atom stereocenters. The molecule has 13 heteroatoms. The number of halogens is 3. The fourth-order valence-electron chi connectivity index (χ4n) is 4.61. The average Bonchev–Trinajstić information content (AvgIpc) is 3.37. The van der Waals surface area contributed by atoms with Crippen LogP contribution in [0.25, 0.3) is 0 Å². The summed E-state index contributed by atoms with van der Waals surface area (Å²) < 4.78 is 52.1. The molecule has 0 saturated heterocycles. The number of anilines is 2. The van der Waals surface area contributed by atoms with E-state index in [0.717, 1.165) is 30.5 Å². The summed E-state index contributed by atoms with van der Waals surface area (Å²) in [6.45, 7) is 1.82. The van der Waals surface area contributed by atoms with Gasteiger partial charge in [-0.3, -0.25) is 19.6 Å². The minimum Gasteiger partial charge on any atom is -0.861 e. The summed E-state index contributed by atoms with van der Waals surface area (Å²) in [5, 5.41) is 21.1. The number of carbonyl (C=O) groups excluding carboxylic acids is 2. The Bertz CT molecular complexity index is 1410. The van der Waals surface area contributed by atoms with Crippen molar-refractivity contribution in [2.24, 2.45) is 10.9 Å². The van der Waals surface area contributed by atoms with Crippen LogP contribution in [0.4, 0.5) is 35.2 Å². The lowest BCUT2D eigenvalue weighted by molar-refractivity contribution is -0.787. The van der Waals surface area contributed by atoms with Crippen molar-refractivity contribution in [1.82, 2.24) is 5.27 Å². The summed E-state index contributed by atoms with van der Waals surface area (Å²) in [6, 6.07) is 8.73. The number of nitrogens with one attached hydrogen (secondary N) is 2. The highest BCUT2D eigenvalue weighted by atomic mass is 19.4. The van der Waals surface area contributed by atoms with Crippen LogP contribution in [0.15, 0.2) is 58.2 Å². The summed E-state index contributed by atoms with van der Waals surface area (Å²) in [6.07, 6.45) is -0.665. The summed E-state index contributed by atoms with van der Waals surface area (Å²) in [5.74, 6) is -1.25. The topological polar surface area (TPSA) is 133 Å². The first-order valence-corrected chi connectivity index (χ1v) is 12.6. The maximum atomic E-state index is 13.5. The molecule has 212 valence electrons. The number of hydrogen-bond donors (Lipinski definition) is 2. The maximum absolute atomic E-state index is 13.5. The Morgan fingerprint density at radius 3 is 2.70 bits per heavy atom. The summed E-state index contributed by atoms with van der Waals surface area (Å²) >= 11 is 0. The number of benzene rings is 2. The Morgan fingerprint density at radius 1 is 1.20 bits per heavy atom. The zero-order chi connectivity index (χ0) is 28.9. The molecule has 10 nitrogen and oxygen atoms in total. The number of alkyl halides is 3. The Morgan fingerprint density at radius 2 is 1.98 bits per heavy atom. The average molecular weight is 560 g/mol. The quantitative estimate of drug-likeness (QED) is 0.190. The molecule has 0 aliphatic heterocycles. The molecule has 2 N–H and O–H groups in total. The SMILES string of the molecule is COC(=O)[C@H]1CCC[C@@H]([n+]2cc(NC(=O)Nc3cc(N=C([O-])Cc4ccccc4C)cc(C(F)(F)F)c3)on2)C1. The van der Waals surface area contributed by atoms with Gasteiger partial charge in [0.25, 0.3) is 6.20 Å². The molecule has 0 radical (unpaired) electrons. The first-order chi connectivity index (χ1) is 19.0. The van der Waals surface area contributed by atoms with Gasteiger partial charge in [-0.2, -0.15) is 13.2 Å². The Kier molecular flexibility index (Phi) is 8.70. The first-order valence-electron chi connectivity index (χ1n) is 12.6. The van der Waals surface area contributed by atoms with E-state index in [1.807, 2.05) is 19.1 Å². The second-order valence-electron chi connectivity index (χ2n) is 9.54. The number of aryl methyl sites for hydroxylation is 1. The molecule has 3 aromatic rings. The molecule has 1 aliphatic rings. The number of aliphatic imine (C=N–C) groups is 1. The molecule has 0 spiro atoms. The van der Waals surface area contributed by atoms with Gasteiger partial charge in [-0.15, -0.1) is 0 Å². The van der Waals surface area contributed by atoms with Crippen LogP contribution in [-0.4, -0.2) is 30.3 Å². The fourth-order valence-corrected chi connectivity index (χ4v) is 4.61. The van der Waals surface area contributed by atoms with Gasteiger partial charge in [0.2, 0.25) is 5.27 Å². The largest absolute Gasteiger partial charge is 0.861 e. The van der Waals surface area contributed by atoms with Crippen molar-refractivity contribution < 1.29 is 41.8 Å². The molecule has 1 heterocycles. The lowest BCUT2D eigenvalue weighted by atomic mass is 9.86. The Balaban J connectivity index is 1.46. The number of nitrogens with zero attached hydrogens (tertiary/aromatic N) is 3. The van der Waals surface area contributed by atoms with Crippen LogP contribution in [-0.2, 0) is 22.1 Å². The predicted octanol–water partition coefficient (Wildman–Crippen LogP) is 4.47. The van der Waals surface area contributed by atoms with Crippen LogP contribution in [0, 0.1) is 12.8 Å². The van der Waals surface area contributed by atoms with Crippen molar-refractivity contribution in [1.29, 1.82) is 0 Å². The number of aromatic nitrogens is 2. The summed E-state index contributed by atoms with van der Waals surface area (Å²) in [7, 11) is 1.33. The van der Waals surface area contributed by atoms with E-state index in [2.05, 4.69) is 20.9 Å². The monoisotopic (exact) mass is 559 g/mol. The maximum Gasteiger partial charge on any atom is 0.416 e. The van der Waals surface area contributed by atoms with Crippen LogP contribution >= 0.6 is 0 Å². The molecule has 1 aliphatic carbocycles. The number of amides is 2. The van der Waals surface area contributed by atoms with Crippen LogP contribution in [0.5, 0.6) is 0 Å². The molecule has 0 bridgehead atoms. The lowest BCUT2D eigenvalue weighted by Crippen LogP contribution is -2.44. The Hall–Kier alpha value is -4.42. The van der Waals surface area contributed by atoms with Gasteiger partial charge in [-0.1, -0.05) is 24.3 Å². The zero-order valence-corrected chi connectivity index (χ0v) is 21.8. The van der Waals surface area contributed by atoms with E-state index in [1.54, 1.807) is 12.1 Å². The highest BCUT2D eigenvalue weighted by Gasteiger charge is 2.35. The molecule has 2 amide bonds. The van der Waals surface area contributed by atoms with E-state index in [9.17, 15) is 27.9 Å². The zero-order valence-electron chi connectivity index (χ0n) is 21.8. The number of hydrogen-bond acceptors (Lipinski definition) is 7. The van der Waals surface area contributed by atoms with Crippen molar-refractivity contribution >= 4 is 35.2 Å². The van der Waals surface area contributed by atoms with Gasteiger partial charge in [-0.25, -0.2) is 4.79 Å². The number of methoxy groups -OCH3 is 1. The lowest BCUT2D eigenvalue weighted by Gasteiger charge is -2.21. The highest BCUT2D eigenvalue weighted by Crippen LogP contribution is 2.34. The van der Waals surface area contributed by atoms with Crippen molar-refractivity contribution in [3.05, 3.63) is 65.4 Å². The van der Waals surface area contributed by atoms with E-state index in [1.165, 1.54) is 24.1 Å². The standard InChI is InChI=1S/C27H28F3N5O5/c1-16-6-3-4-7-17(16)11-23(36)31-20-12-19(27(28,29)30)13-21(14-20)32-26(38)33-24-15-35(34-40-24)22-9-5-8-18(10-22)25(37)39-2/h3-4,6-7,12-15,18,22H,5,8-11H2,1-2H3,(H2-,31,32,33,34,36,38)/t18-,22+/m0/s1. The normalized spacial score (nSPS) is 17.8. The number of rotatable bonds is 7. The molecule has 2 aromatic carbocycles. The molecular formula is C27H28F3N5O5. The van der Waals surface area contributed by atoms with E-state index in [4.69, 9.17) is 9.26 Å². The van der Waals surface area contributed by atoms with Gasteiger partial charge in [0, 0.05) is 24.9 Å². The minimum atomic E-state index is -4.74. The second-order valence-corrected chi connectivity index (χ2v) is 9.54. The van der Waals surface area contributed by atoms with Crippen LogP contribution < -0.4 is 20.4 Å². The van der Waals surface area contributed by atoms with E-state index >= 15 is 0 Å². The van der Waals surface area contributed by atoms with Gasteiger partial charge in [-0.05, 0) is 59.7 Å². The van der Waals surface area contributed by atoms with Crippen molar-refractivity contribution in [3.63, 3.8) is 0 Å². The summed E-state index contributed by atoms with van der Waals surface area (Å²) in [4.78, 5) is 28.3. The van der Waals surface area contributed by atoms with Crippen LogP contribution in [0.3, 0.4) is 0 Å². The van der Waals surface area contributed by atoms with Crippen molar-refractivity contribution in [2.45, 2.75) is 51.2 Å². The molecule has 1 fully saturated rings. The van der Waals surface area contributed by atoms with Crippen LogP contribution in [0.1, 0.15) is 48.4 Å². The molecule has 1 saturated carbocycles. The van der Waals surface area contributed by atoms with Crippen molar-refractivity contribution in [3.8, 4) is 0 Å². The third-order valence-corrected chi connectivity index (χ3v) is 6.63. The van der Waals surface area contributed by atoms with Gasteiger partial charge in [0.15, 0.2) is 6.04 Å². The van der Waals surface area contributed by atoms with E-state index < -0.39 is 23.7 Å². The number of urea groups is 1. The smallest absolute Gasteiger partial charge is 0.416 e.